The van der Waals surface area contributed by atoms with Crippen LogP contribution in [0.25, 0.3) is 0 Å². The fourth-order valence-electron chi connectivity index (χ4n) is 2.51. The van der Waals surface area contributed by atoms with E-state index < -0.39 is 18.5 Å². The molecule has 0 saturated heterocycles. The van der Waals surface area contributed by atoms with Gasteiger partial charge in [0.25, 0.3) is 5.91 Å². The number of phenolic OH excluding ortho intramolecular Hbond substituents is 1. The van der Waals surface area contributed by atoms with Crippen LogP contribution < -0.4 is 19.5 Å². The zero-order chi connectivity index (χ0) is 20.7. The predicted molar refractivity (Wildman–Crippen MR) is 101 cm³/mol. The van der Waals surface area contributed by atoms with Gasteiger partial charge in [-0.3, -0.25) is 4.79 Å². The Morgan fingerprint density at radius 1 is 1.00 bits per heavy atom. The van der Waals surface area contributed by atoms with Crippen LogP contribution >= 0.6 is 0 Å². The molecule has 8 heteroatoms. The summed E-state index contributed by atoms with van der Waals surface area (Å²) in [6.45, 7) is 1.31. The highest BCUT2D eigenvalue weighted by molar-refractivity contribution is 5.94. The average Bonchev–Trinajstić information content (AvgIpc) is 2.71. The maximum absolute atomic E-state index is 12.0. The lowest BCUT2D eigenvalue weighted by Crippen LogP contribution is -2.28. The highest BCUT2D eigenvalue weighted by Gasteiger charge is 2.16. The maximum atomic E-state index is 12.0. The van der Waals surface area contributed by atoms with Crippen molar-refractivity contribution in [2.75, 3.05) is 27.9 Å². The lowest BCUT2D eigenvalue weighted by molar-refractivity contribution is -0.124. The number of methoxy groups -OCH3 is 3. The number of amides is 1. The molecule has 8 nitrogen and oxygen atoms in total. The van der Waals surface area contributed by atoms with Crippen molar-refractivity contribution in [3.63, 3.8) is 0 Å². The Morgan fingerprint density at radius 3 is 2.29 bits per heavy atom. The van der Waals surface area contributed by atoms with Crippen LogP contribution in [0.4, 0.5) is 0 Å². The number of benzene rings is 2. The van der Waals surface area contributed by atoms with Crippen molar-refractivity contribution in [2.24, 2.45) is 0 Å². The van der Waals surface area contributed by atoms with Crippen LogP contribution in [0.1, 0.15) is 21.5 Å². The Morgan fingerprint density at radius 2 is 1.64 bits per heavy atom. The van der Waals surface area contributed by atoms with E-state index in [1.807, 2.05) is 0 Å². The topological polar surface area (TPSA) is 103 Å². The fraction of sp³-hybridized carbons (Fsp3) is 0.300. The van der Waals surface area contributed by atoms with Gasteiger partial charge >= 0.3 is 5.97 Å². The van der Waals surface area contributed by atoms with Gasteiger partial charge in [-0.05, 0) is 24.6 Å². The third kappa shape index (κ3) is 4.85. The van der Waals surface area contributed by atoms with Crippen LogP contribution in [0.2, 0.25) is 0 Å². The number of carbonyl (C=O) groups is 2. The second-order valence-corrected chi connectivity index (χ2v) is 5.84. The lowest BCUT2D eigenvalue weighted by atomic mass is 10.1. The quantitative estimate of drug-likeness (QED) is 0.667. The van der Waals surface area contributed by atoms with Crippen LogP contribution in [0.3, 0.4) is 0 Å². The molecule has 150 valence electrons. The van der Waals surface area contributed by atoms with E-state index in [0.29, 0.717) is 28.4 Å². The Kier molecular flexibility index (Phi) is 7.08. The molecular weight excluding hydrogens is 366 g/mol. The summed E-state index contributed by atoms with van der Waals surface area (Å²) in [7, 11) is 4.52. The molecule has 2 aromatic rings. The molecule has 0 heterocycles. The molecule has 2 rings (SSSR count). The molecule has 0 aliphatic carbocycles. The monoisotopic (exact) mass is 389 g/mol. The zero-order valence-corrected chi connectivity index (χ0v) is 16.2. The van der Waals surface area contributed by atoms with Gasteiger partial charge in [0, 0.05) is 18.2 Å². The lowest BCUT2D eigenvalue weighted by Gasteiger charge is -2.14. The van der Waals surface area contributed by atoms with Crippen molar-refractivity contribution < 1.29 is 33.6 Å². The Bertz CT molecular complexity index is 864. The molecule has 0 radical (unpaired) electrons. The number of phenols is 1. The van der Waals surface area contributed by atoms with E-state index in [9.17, 15) is 14.7 Å². The van der Waals surface area contributed by atoms with Gasteiger partial charge in [-0.2, -0.15) is 0 Å². The first-order valence-electron chi connectivity index (χ1n) is 8.42. The minimum absolute atomic E-state index is 0.00867. The molecule has 0 unspecified atom stereocenters. The highest BCUT2D eigenvalue weighted by atomic mass is 16.5. The van der Waals surface area contributed by atoms with E-state index in [-0.39, 0.29) is 17.9 Å². The third-order valence-electron chi connectivity index (χ3n) is 4.05. The van der Waals surface area contributed by atoms with Gasteiger partial charge in [-0.1, -0.05) is 12.1 Å². The molecule has 1 amide bonds. The number of carbonyl (C=O) groups excluding carboxylic acids is 2. The van der Waals surface area contributed by atoms with Crippen LogP contribution in [0.5, 0.6) is 23.0 Å². The van der Waals surface area contributed by atoms with Gasteiger partial charge in [-0.15, -0.1) is 0 Å². The van der Waals surface area contributed by atoms with Crippen molar-refractivity contribution in [2.45, 2.75) is 13.5 Å². The Balaban J connectivity index is 1.97. The third-order valence-corrected chi connectivity index (χ3v) is 4.05. The summed E-state index contributed by atoms with van der Waals surface area (Å²) in [6, 6.07) is 8.05. The van der Waals surface area contributed by atoms with E-state index in [2.05, 4.69) is 5.32 Å². The first kappa shape index (κ1) is 20.9. The van der Waals surface area contributed by atoms with Gasteiger partial charge < -0.3 is 29.4 Å². The summed E-state index contributed by atoms with van der Waals surface area (Å²) >= 11 is 0. The number of aryl methyl sites for hydroxylation is 1. The van der Waals surface area contributed by atoms with E-state index in [0.717, 1.165) is 0 Å². The van der Waals surface area contributed by atoms with E-state index in [4.69, 9.17) is 18.9 Å². The fourth-order valence-corrected chi connectivity index (χ4v) is 2.51. The standard InChI is InChI=1S/C20H23NO7/c1-12-6-5-7-14(19(12)23)20(24)28-11-18(22)21-10-13-8-16(26-3)17(27-4)9-15(13)25-2/h5-9,23H,10-11H2,1-4H3,(H,21,22). The zero-order valence-electron chi connectivity index (χ0n) is 16.2. The number of para-hydroxylation sites is 1. The number of esters is 1. The number of nitrogens with one attached hydrogen (secondary N) is 1. The number of hydrogen-bond acceptors (Lipinski definition) is 7. The Labute approximate surface area is 163 Å². The average molecular weight is 389 g/mol. The molecule has 0 spiro atoms. The minimum atomic E-state index is -0.778. The smallest absolute Gasteiger partial charge is 0.342 e. The maximum Gasteiger partial charge on any atom is 0.342 e. The van der Waals surface area contributed by atoms with Gasteiger partial charge in [0.15, 0.2) is 18.1 Å². The van der Waals surface area contributed by atoms with Gasteiger partial charge in [0.05, 0.1) is 21.3 Å². The second-order valence-electron chi connectivity index (χ2n) is 5.84. The summed E-state index contributed by atoms with van der Waals surface area (Å²) in [5, 5.41) is 12.5. The highest BCUT2D eigenvalue weighted by Crippen LogP contribution is 2.34. The second kappa shape index (κ2) is 9.50. The minimum Gasteiger partial charge on any atom is -0.507 e. The van der Waals surface area contributed by atoms with Gasteiger partial charge in [0.1, 0.15) is 17.1 Å². The molecule has 0 fully saturated rings. The van der Waals surface area contributed by atoms with Crippen molar-refractivity contribution in [3.8, 4) is 23.0 Å². The molecule has 0 saturated carbocycles. The van der Waals surface area contributed by atoms with Crippen LogP contribution in [-0.4, -0.2) is 44.9 Å². The molecule has 28 heavy (non-hydrogen) atoms. The number of hydrogen-bond donors (Lipinski definition) is 2. The predicted octanol–water partition coefficient (Wildman–Crippen LogP) is 2.20. The van der Waals surface area contributed by atoms with Crippen molar-refractivity contribution in [1.82, 2.24) is 5.32 Å². The Hall–Kier alpha value is -3.42. The molecule has 0 bridgehead atoms. The van der Waals surface area contributed by atoms with E-state index in [1.165, 1.54) is 27.4 Å². The summed E-state index contributed by atoms with van der Waals surface area (Å²) in [6.07, 6.45) is 0. The van der Waals surface area contributed by atoms with Crippen LogP contribution in [-0.2, 0) is 16.1 Å². The van der Waals surface area contributed by atoms with E-state index in [1.54, 1.807) is 31.2 Å². The normalized spacial score (nSPS) is 10.1. The molecule has 2 N–H and O–H groups in total. The molecule has 0 aliphatic heterocycles. The number of rotatable bonds is 8. The molecule has 2 aromatic carbocycles. The van der Waals surface area contributed by atoms with Crippen molar-refractivity contribution in [3.05, 3.63) is 47.0 Å². The molecular formula is C20H23NO7. The summed E-state index contributed by atoms with van der Waals surface area (Å²) < 4.78 is 20.7. The first-order valence-corrected chi connectivity index (χ1v) is 8.42. The summed E-state index contributed by atoms with van der Waals surface area (Å²) in [4.78, 5) is 24.1. The van der Waals surface area contributed by atoms with Gasteiger partial charge in [0.2, 0.25) is 0 Å². The van der Waals surface area contributed by atoms with Crippen molar-refractivity contribution >= 4 is 11.9 Å². The number of aromatic hydroxyl groups is 1. The number of ether oxygens (including phenoxy) is 4. The molecule has 0 atom stereocenters. The van der Waals surface area contributed by atoms with Crippen molar-refractivity contribution in [1.29, 1.82) is 0 Å². The largest absolute Gasteiger partial charge is 0.507 e. The first-order chi connectivity index (χ1) is 13.4. The molecule has 0 aliphatic rings. The summed E-state index contributed by atoms with van der Waals surface area (Å²) in [5.41, 5.74) is 1.21. The SMILES string of the molecule is COc1cc(OC)c(OC)cc1CNC(=O)COC(=O)c1cccc(C)c1O. The van der Waals surface area contributed by atoms with Crippen LogP contribution in [0, 0.1) is 6.92 Å². The van der Waals surface area contributed by atoms with Gasteiger partial charge in [-0.25, -0.2) is 4.79 Å². The molecule has 0 aromatic heterocycles. The summed E-state index contributed by atoms with van der Waals surface area (Å²) in [5.74, 6) is 0.0650. The van der Waals surface area contributed by atoms with Crippen LogP contribution in [0.15, 0.2) is 30.3 Å². The van der Waals surface area contributed by atoms with E-state index >= 15 is 0 Å².